The Hall–Kier alpha value is -1.50. The van der Waals surface area contributed by atoms with E-state index in [-0.39, 0.29) is 23.7 Å². The van der Waals surface area contributed by atoms with Crippen molar-refractivity contribution < 1.29 is 14.7 Å². The Balaban J connectivity index is 2.84. The summed E-state index contributed by atoms with van der Waals surface area (Å²) in [6.07, 6.45) is 0.501. The summed E-state index contributed by atoms with van der Waals surface area (Å²) in [5.41, 5.74) is 0.586. The Morgan fingerprint density at radius 2 is 1.95 bits per heavy atom. The molecule has 0 aliphatic rings. The number of nitrogens with zero attached hydrogens (tertiary/aromatic N) is 2. The molecule has 1 unspecified atom stereocenters. The fraction of sp³-hybridized carbons (Fsp3) is 0.714. The number of amides is 1. The van der Waals surface area contributed by atoms with Crippen molar-refractivity contribution in [3.8, 4) is 0 Å². The third-order valence-corrected chi connectivity index (χ3v) is 3.62. The molecule has 1 aromatic rings. The summed E-state index contributed by atoms with van der Waals surface area (Å²) in [5.74, 6) is -1.11. The van der Waals surface area contributed by atoms with E-state index < -0.39 is 12.0 Å². The summed E-state index contributed by atoms with van der Waals surface area (Å²) >= 11 is 1.04. The van der Waals surface area contributed by atoms with Crippen LogP contribution < -0.4 is 5.32 Å². The lowest BCUT2D eigenvalue weighted by Crippen LogP contribution is -2.39. The van der Waals surface area contributed by atoms with Crippen LogP contribution >= 0.6 is 11.5 Å². The quantitative estimate of drug-likeness (QED) is 0.842. The van der Waals surface area contributed by atoms with Gasteiger partial charge in [-0.3, -0.25) is 9.59 Å². The van der Waals surface area contributed by atoms with Crippen molar-refractivity contribution in [2.75, 3.05) is 0 Å². The lowest BCUT2D eigenvalue weighted by molar-refractivity contribution is -0.137. The average molecular weight is 313 g/mol. The van der Waals surface area contributed by atoms with Gasteiger partial charge >= 0.3 is 5.97 Å². The van der Waals surface area contributed by atoms with Crippen LogP contribution in [0.3, 0.4) is 0 Å². The highest BCUT2D eigenvalue weighted by Gasteiger charge is 2.25. The number of carboxylic acid groups (broad SMARTS) is 1. The van der Waals surface area contributed by atoms with Gasteiger partial charge in [-0.15, -0.1) is 5.10 Å². The zero-order valence-electron chi connectivity index (χ0n) is 13.1. The molecule has 0 aromatic carbocycles. The van der Waals surface area contributed by atoms with Crippen molar-refractivity contribution >= 4 is 23.4 Å². The Bertz CT molecular complexity index is 506. The van der Waals surface area contributed by atoms with Crippen LogP contribution in [0.2, 0.25) is 0 Å². The maximum absolute atomic E-state index is 12.3. The highest BCUT2D eigenvalue weighted by molar-refractivity contribution is 7.08. The van der Waals surface area contributed by atoms with Gasteiger partial charge in [0.15, 0.2) is 0 Å². The zero-order valence-corrected chi connectivity index (χ0v) is 14.0. The molecule has 6 nitrogen and oxygen atoms in total. The monoisotopic (exact) mass is 313 g/mol. The van der Waals surface area contributed by atoms with E-state index in [1.165, 1.54) is 0 Å². The van der Waals surface area contributed by atoms with Gasteiger partial charge in [0.05, 0.1) is 12.1 Å². The van der Waals surface area contributed by atoms with Crippen LogP contribution in [-0.2, 0) is 4.79 Å². The van der Waals surface area contributed by atoms with Crippen molar-refractivity contribution in [3.05, 3.63) is 10.6 Å². The van der Waals surface area contributed by atoms with Crippen molar-refractivity contribution in [1.82, 2.24) is 14.9 Å². The summed E-state index contributed by atoms with van der Waals surface area (Å²) in [5, 5.41) is 15.8. The van der Waals surface area contributed by atoms with Gasteiger partial charge in [0, 0.05) is 6.04 Å². The number of hydrogen-bond donors (Lipinski definition) is 2. The topological polar surface area (TPSA) is 92.2 Å². The van der Waals surface area contributed by atoms with E-state index >= 15 is 0 Å². The number of carboxylic acids is 1. The molecule has 0 saturated heterocycles. The van der Waals surface area contributed by atoms with Crippen molar-refractivity contribution in [1.29, 1.82) is 0 Å². The SMILES string of the molecule is CC(C)c1nnsc1C(=O)NC(CC(=O)O)CC(C)(C)C. The molecule has 1 atom stereocenters. The predicted molar refractivity (Wildman–Crippen MR) is 81.6 cm³/mol. The molecule has 7 heteroatoms. The van der Waals surface area contributed by atoms with Gasteiger partial charge < -0.3 is 10.4 Å². The Kier molecular flexibility index (Phi) is 5.83. The molecular formula is C14H23N3O3S. The van der Waals surface area contributed by atoms with E-state index in [0.29, 0.717) is 17.0 Å². The van der Waals surface area contributed by atoms with E-state index in [2.05, 4.69) is 14.9 Å². The second-order valence-electron chi connectivity index (χ2n) is 6.68. The van der Waals surface area contributed by atoms with Crippen LogP contribution in [0.1, 0.15) is 68.7 Å². The number of rotatable bonds is 6. The lowest BCUT2D eigenvalue weighted by atomic mass is 9.87. The van der Waals surface area contributed by atoms with Crippen LogP contribution in [0.25, 0.3) is 0 Å². The molecule has 0 aliphatic heterocycles. The largest absolute Gasteiger partial charge is 0.481 e. The van der Waals surface area contributed by atoms with Gasteiger partial charge in [-0.05, 0) is 29.3 Å². The highest BCUT2D eigenvalue weighted by atomic mass is 32.1. The standard InChI is InChI=1S/C14H23N3O3S/c1-8(2)11-12(21-17-16-11)13(20)15-9(6-10(18)19)7-14(3,4)5/h8-9H,6-7H2,1-5H3,(H,15,20)(H,18,19). The Morgan fingerprint density at radius 3 is 2.43 bits per heavy atom. The van der Waals surface area contributed by atoms with Crippen molar-refractivity contribution in [2.45, 2.75) is 59.4 Å². The maximum Gasteiger partial charge on any atom is 0.305 e. The number of hydrogen-bond acceptors (Lipinski definition) is 5. The van der Waals surface area contributed by atoms with Gasteiger partial charge in [0.25, 0.3) is 5.91 Å². The summed E-state index contributed by atoms with van der Waals surface area (Å²) in [6, 6.07) is -0.405. The lowest BCUT2D eigenvalue weighted by Gasteiger charge is -2.25. The maximum atomic E-state index is 12.3. The molecule has 1 aromatic heterocycles. The van der Waals surface area contributed by atoms with Gasteiger partial charge in [-0.25, -0.2) is 0 Å². The number of aromatic nitrogens is 2. The van der Waals surface area contributed by atoms with E-state index in [1.807, 2.05) is 34.6 Å². The molecule has 0 bridgehead atoms. The number of carbonyl (C=O) groups is 2. The van der Waals surface area contributed by atoms with E-state index in [1.54, 1.807) is 0 Å². The summed E-state index contributed by atoms with van der Waals surface area (Å²) in [7, 11) is 0. The van der Waals surface area contributed by atoms with Crippen molar-refractivity contribution in [3.63, 3.8) is 0 Å². The van der Waals surface area contributed by atoms with Crippen molar-refractivity contribution in [2.24, 2.45) is 5.41 Å². The summed E-state index contributed by atoms with van der Waals surface area (Å²) in [6.45, 7) is 9.93. The fourth-order valence-corrected chi connectivity index (χ4v) is 2.83. The first-order chi connectivity index (χ1) is 9.60. The Labute approximate surface area is 129 Å². The molecule has 118 valence electrons. The minimum absolute atomic E-state index is 0.0692. The second-order valence-corrected chi connectivity index (χ2v) is 7.43. The normalized spacial score (nSPS) is 13.2. The number of carbonyl (C=O) groups excluding carboxylic acids is 1. The first-order valence-electron chi connectivity index (χ1n) is 6.95. The molecule has 1 heterocycles. The average Bonchev–Trinajstić information content (AvgIpc) is 2.73. The predicted octanol–water partition coefficient (Wildman–Crippen LogP) is 2.67. The third-order valence-electron chi connectivity index (χ3n) is 2.88. The summed E-state index contributed by atoms with van der Waals surface area (Å²) < 4.78 is 3.82. The molecule has 21 heavy (non-hydrogen) atoms. The Morgan fingerprint density at radius 1 is 1.33 bits per heavy atom. The molecule has 2 N–H and O–H groups in total. The minimum Gasteiger partial charge on any atom is -0.481 e. The zero-order chi connectivity index (χ0) is 16.2. The van der Waals surface area contributed by atoms with Crippen LogP contribution in [-0.4, -0.2) is 32.6 Å². The van der Waals surface area contributed by atoms with E-state index in [9.17, 15) is 9.59 Å². The highest BCUT2D eigenvalue weighted by Crippen LogP contribution is 2.24. The van der Waals surface area contributed by atoms with Crippen LogP contribution in [0, 0.1) is 5.41 Å². The van der Waals surface area contributed by atoms with Gasteiger partial charge in [-0.2, -0.15) is 0 Å². The third kappa shape index (κ3) is 5.79. The second kappa shape index (κ2) is 6.98. The molecule has 1 rings (SSSR count). The molecule has 0 fully saturated rings. The van der Waals surface area contributed by atoms with E-state index in [4.69, 9.17) is 5.11 Å². The molecule has 0 spiro atoms. The molecular weight excluding hydrogens is 290 g/mol. The van der Waals surface area contributed by atoms with Gasteiger partial charge in [0.2, 0.25) is 0 Å². The van der Waals surface area contributed by atoms with Crippen LogP contribution in [0.15, 0.2) is 0 Å². The smallest absolute Gasteiger partial charge is 0.305 e. The number of aliphatic carboxylic acids is 1. The summed E-state index contributed by atoms with van der Waals surface area (Å²) in [4.78, 5) is 23.8. The fourth-order valence-electron chi connectivity index (χ4n) is 2.11. The minimum atomic E-state index is -0.920. The number of nitrogens with one attached hydrogen (secondary N) is 1. The molecule has 0 aliphatic carbocycles. The van der Waals surface area contributed by atoms with Crippen LogP contribution in [0.4, 0.5) is 0 Å². The molecule has 1 amide bonds. The van der Waals surface area contributed by atoms with Gasteiger partial charge in [0.1, 0.15) is 4.88 Å². The first kappa shape index (κ1) is 17.6. The first-order valence-corrected chi connectivity index (χ1v) is 7.72. The van der Waals surface area contributed by atoms with Gasteiger partial charge in [-0.1, -0.05) is 39.1 Å². The van der Waals surface area contributed by atoms with Crippen LogP contribution in [0.5, 0.6) is 0 Å². The van der Waals surface area contributed by atoms with E-state index in [0.717, 1.165) is 11.5 Å². The molecule has 0 saturated carbocycles. The molecule has 0 radical (unpaired) electrons.